The molecule has 1 saturated carbocycles. The summed E-state index contributed by atoms with van der Waals surface area (Å²) in [6, 6.07) is 5.84. The van der Waals surface area contributed by atoms with Gasteiger partial charge in [-0.25, -0.2) is 0 Å². The molecule has 0 aromatic heterocycles. The van der Waals surface area contributed by atoms with Crippen LogP contribution in [0.15, 0.2) is 28.7 Å². The largest absolute Gasteiger partial charge is 0.485 e. The van der Waals surface area contributed by atoms with Crippen molar-refractivity contribution in [2.75, 3.05) is 4.90 Å². The molecule has 0 unspecified atom stereocenters. The zero-order valence-corrected chi connectivity index (χ0v) is 9.35. The number of nitrogens with zero attached hydrogens (tertiary/aromatic N) is 1. The number of benzene rings is 1. The molecule has 2 rings (SSSR count). The summed E-state index contributed by atoms with van der Waals surface area (Å²) < 4.78 is 38.9. The normalized spacial score (nSPS) is 16.5. The monoisotopic (exact) mass is 279 g/mol. The lowest BCUT2D eigenvalue weighted by atomic mass is 10.3. The van der Waals surface area contributed by atoms with Crippen molar-refractivity contribution in [2.24, 2.45) is 0 Å². The Morgan fingerprint density at radius 1 is 1.13 bits per heavy atom. The Balaban J connectivity index is 2.28. The third-order valence-electron chi connectivity index (χ3n) is 2.29. The fraction of sp³-hybridized carbons (Fsp3) is 0.400. The summed E-state index contributed by atoms with van der Waals surface area (Å²) in [5.41, 5.74) is 0.216. The highest BCUT2D eigenvalue weighted by molar-refractivity contribution is 9.10. The molecule has 0 N–H and O–H groups in total. The average molecular weight is 280 g/mol. The quantitative estimate of drug-likeness (QED) is 0.742. The first-order valence-electron chi connectivity index (χ1n) is 4.60. The Morgan fingerprint density at radius 2 is 1.67 bits per heavy atom. The second kappa shape index (κ2) is 3.70. The second-order valence-corrected chi connectivity index (χ2v) is 4.46. The Kier molecular flexibility index (Phi) is 2.66. The molecule has 0 bridgehead atoms. The van der Waals surface area contributed by atoms with E-state index in [1.807, 2.05) is 0 Å². The van der Waals surface area contributed by atoms with Crippen molar-refractivity contribution >= 4 is 21.6 Å². The first kappa shape index (κ1) is 10.8. The van der Waals surface area contributed by atoms with Crippen LogP contribution in [0.1, 0.15) is 12.8 Å². The highest BCUT2D eigenvalue weighted by atomic mass is 79.9. The molecule has 1 aliphatic rings. The van der Waals surface area contributed by atoms with Gasteiger partial charge in [0.15, 0.2) is 0 Å². The van der Waals surface area contributed by atoms with Crippen molar-refractivity contribution in [2.45, 2.75) is 25.2 Å². The fourth-order valence-electron chi connectivity index (χ4n) is 1.50. The van der Waals surface area contributed by atoms with Crippen LogP contribution in [-0.4, -0.2) is 12.3 Å². The zero-order chi connectivity index (χ0) is 11.1. The van der Waals surface area contributed by atoms with E-state index in [9.17, 15) is 13.2 Å². The van der Waals surface area contributed by atoms with Gasteiger partial charge in [-0.2, -0.15) is 13.2 Å². The van der Waals surface area contributed by atoms with Crippen molar-refractivity contribution < 1.29 is 13.2 Å². The molecule has 0 spiro atoms. The summed E-state index contributed by atoms with van der Waals surface area (Å²) in [5.74, 6) is 0. The van der Waals surface area contributed by atoms with E-state index in [2.05, 4.69) is 15.9 Å². The van der Waals surface area contributed by atoms with Gasteiger partial charge >= 0.3 is 6.30 Å². The topological polar surface area (TPSA) is 3.24 Å². The summed E-state index contributed by atoms with van der Waals surface area (Å²) in [4.78, 5) is 0.541. The van der Waals surface area contributed by atoms with Crippen LogP contribution in [0, 0.1) is 0 Å². The van der Waals surface area contributed by atoms with Gasteiger partial charge in [0.1, 0.15) is 0 Å². The van der Waals surface area contributed by atoms with E-state index < -0.39 is 6.30 Å². The lowest BCUT2D eigenvalue weighted by Crippen LogP contribution is -2.39. The molecule has 1 aromatic rings. The lowest BCUT2D eigenvalue weighted by molar-refractivity contribution is -0.130. The predicted octanol–water partition coefficient (Wildman–Crippen LogP) is 3.94. The van der Waals surface area contributed by atoms with E-state index in [1.165, 1.54) is 12.1 Å². The number of anilines is 1. The van der Waals surface area contributed by atoms with Crippen molar-refractivity contribution in [3.63, 3.8) is 0 Å². The van der Waals surface area contributed by atoms with Gasteiger partial charge < -0.3 is 0 Å². The molecule has 1 aliphatic carbocycles. The molecule has 0 amide bonds. The average Bonchev–Trinajstić information content (AvgIpc) is 2.90. The third-order valence-corrected chi connectivity index (χ3v) is 2.82. The van der Waals surface area contributed by atoms with Crippen LogP contribution in [0.4, 0.5) is 18.9 Å². The van der Waals surface area contributed by atoms with Crippen LogP contribution in [0.3, 0.4) is 0 Å². The third kappa shape index (κ3) is 2.45. The van der Waals surface area contributed by atoms with Crippen LogP contribution >= 0.6 is 15.9 Å². The number of rotatable bonds is 2. The van der Waals surface area contributed by atoms with E-state index in [0.29, 0.717) is 17.7 Å². The Bertz CT molecular complexity index is 343. The SMILES string of the molecule is FC(F)(F)N(c1ccc(Br)cc1)C1CC1. The van der Waals surface area contributed by atoms with Crippen LogP contribution in [0.2, 0.25) is 0 Å². The van der Waals surface area contributed by atoms with Crippen molar-refractivity contribution in [3.8, 4) is 0 Å². The summed E-state index contributed by atoms with van der Waals surface area (Å²) in [5, 5.41) is 0. The fourth-order valence-corrected chi connectivity index (χ4v) is 1.76. The van der Waals surface area contributed by atoms with Gasteiger partial charge in [-0.1, -0.05) is 15.9 Å². The molecule has 0 atom stereocenters. The molecular formula is C10H9BrF3N. The first-order chi connectivity index (χ1) is 6.98. The van der Waals surface area contributed by atoms with E-state index in [1.54, 1.807) is 12.1 Å². The van der Waals surface area contributed by atoms with Gasteiger partial charge in [0.05, 0.1) is 0 Å². The standard InChI is InChI=1S/C10H9BrF3N/c11-7-1-3-8(4-2-7)15(9-5-6-9)10(12,13)14/h1-4,9H,5-6H2. The van der Waals surface area contributed by atoms with Crippen molar-refractivity contribution in [1.82, 2.24) is 0 Å². The van der Waals surface area contributed by atoms with Crippen LogP contribution in [0.5, 0.6) is 0 Å². The van der Waals surface area contributed by atoms with Gasteiger partial charge in [-0.05, 0) is 37.1 Å². The van der Waals surface area contributed by atoms with Crippen molar-refractivity contribution in [3.05, 3.63) is 28.7 Å². The molecule has 15 heavy (non-hydrogen) atoms. The summed E-state index contributed by atoms with van der Waals surface area (Å²) in [6.45, 7) is 0. The number of hydrogen-bond donors (Lipinski definition) is 0. The van der Waals surface area contributed by atoms with Crippen molar-refractivity contribution in [1.29, 1.82) is 0 Å². The molecule has 0 aliphatic heterocycles. The summed E-state index contributed by atoms with van der Waals surface area (Å²) in [7, 11) is 0. The number of alkyl halides is 3. The molecule has 5 heteroatoms. The van der Waals surface area contributed by atoms with Gasteiger partial charge in [-0.15, -0.1) is 0 Å². The molecule has 0 saturated heterocycles. The Hall–Kier alpha value is -0.710. The van der Waals surface area contributed by atoms with Crippen LogP contribution < -0.4 is 4.90 Å². The molecule has 0 heterocycles. The van der Waals surface area contributed by atoms with E-state index >= 15 is 0 Å². The van der Waals surface area contributed by atoms with Crippen LogP contribution in [0.25, 0.3) is 0 Å². The smallest absolute Gasteiger partial charge is 0.281 e. The molecule has 1 aromatic carbocycles. The minimum atomic E-state index is -4.28. The predicted molar refractivity (Wildman–Crippen MR) is 55.7 cm³/mol. The highest BCUT2D eigenvalue weighted by Crippen LogP contribution is 2.39. The van der Waals surface area contributed by atoms with Crippen LogP contribution in [-0.2, 0) is 0 Å². The van der Waals surface area contributed by atoms with E-state index in [4.69, 9.17) is 0 Å². The molecule has 1 fully saturated rings. The van der Waals surface area contributed by atoms with Gasteiger partial charge in [0, 0.05) is 16.2 Å². The number of halogens is 4. The maximum absolute atomic E-state index is 12.7. The second-order valence-electron chi connectivity index (χ2n) is 3.55. The number of hydrogen-bond acceptors (Lipinski definition) is 1. The van der Waals surface area contributed by atoms with Gasteiger partial charge in [0.25, 0.3) is 0 Å². The molecule has 0 radical (unpaired) electrons. The molecule has 82 valence electrons. The summed E-state index contributed by atoms with van der Waals surface area (Å²) in [6.07, 6.45) is -3.04. The molecule has 1 nitrogen and oxygen atoms in total. The van der Waals surface area contributed by atoms with Gasteiger partial charge in [0.2, 0.25) is 0 Å². The zero-order valence-electron chi connectivity index (χ0n) is 7.76. The van der Waals surface area contributed by atoms with E-state index in [-0.39, 0.29) is 11.7 Å². The maximum Gasteiger partial charge on any atom is 0.485 e. The Morgan fingerprint density at radius 3 is 2.07 bits per heavy atom. The van der Waals surface area contributed by atoms with Gasteiger partial charge in [-0.3, -0.25) is 4.90 Å². The minimum Gasteiger partial charge on any atom is -0.281 e. The minimum absolute atomic E-state index is 0.216. The molecular weight excluding hydrogens is 271 g/mol. The highest BCUT2D eigenvalue weighted by Gasteiger charge is 2.46. The summed E-state index contributed by atoms with van der Waals surface area (Å²) >= 11 is 3.20. The lowest BCUT2D eigenvalue weighted by Gasteiger charge is -2.26. The maximum atomic E-state index is 12.7. The Labute approximate surface area is 94.0 Å². The first-order valence-corrected chi connectivity index (χ1v) is 5.39. The van der Waals surface area contributed by atoms with E-state index in [0.717, 1.165) is 4.47 Å².